The molecule has 1 saturated heterocycles. The lowest BCUT2D eigenvalue weighted by Crippen LogP contribution is -2.50. The third-order valence-corrected chi connectivity index (χ3v) is 1.58. The average molecular weight is 208 g/mol. The lowest BCUT2D eigenvalue weighted by molar-refractivity contribution is 0.128. The van der Waals surface area contributed by atoms with Crippen LogP contribution in [-0.4, -0.2) is 19.1 Å². The molecular weight excluding hydrogens is 195 g/mol. The van der Waals surface area contributed by atoms with Crippen LogP contribution in [0.3, 0.4) is 0 Å². The topological polar surface area (TPSA) is 21.3 Å². The Bertz CT molecular complexity index is 525. The molecule has 0 aromatic heterocycles. The molecule has 0 radical (unpaired) electrons. The fraction of sp³-hybridized carbons (Fsp3) is 0.333. The predicted molar refractivity (Wildman–Crippen MR) is 43.6 cm³/mol. The van der Waals surface area contributed by atoms with Gasteiger partial charge in [0, 0.05) is 18.5 Å². The highest BCUT2D eigenvalue weighted by Crippen LogP contribution is 2.25. The normalized spacial score (nSPS) is 28.9. The van der Waals surface area contributed by atoms with Crippen LogP contribution in [0.4, 0.5) is 13.2 Å². The molecule has 2 rings (SSSR count). The maximum atomic E-state index is 13.4. The Balaban J connectivity index is 2.37. The van der Waals surface area contributed by atoms with Crippen LogP contribution >= 0.6 is 0 Å². The highest BCUT2D eigenvalue weighted by Gasteiger charge is 2.23. The van der Waals surface area contributed by atoms with Gasteiger partial charge in [0.25, 0.3) is 0 Å². The third-order valence-electron chi connectivity index (χ3n) is 1.58. The first-order chi connectivity index (χ1) is 8.56. The van der Waals surface area contributed by atoms with Gasteiger partial charge in [-0.25, -0.2) is 8.78 Å². The van der Waals surface area contributed by atoms with Crippen molar-refractivity contribution in [2.45, 2.75) is 6.10 Å². The van der Waals surface area contributed by atoms with Crippen LogP contribution in [-0.2, 0) is 0 Å². The highest BCUT2D eigenvalue weighted by atomic mass is 19.2. The Morgan fingerprint density at radius 3 is 2.79 bits per heavy atom. The van der Waals surface area contributed by atoms with Gasteiger partial charge in [0.2, 0.25) is 5.82 Å². The van der Waals surface area contributed by atoms with Gasteiger partial charge >= 0.3 is 0 Å². The molecule has 1 aliphatic heterocycles. The minimum Gasteiger partial charge on any atom is -0.482 e. The number of halogens is 3. The summed E-state index contributed by atoms with van der Waals surface area (Å²) in [5.41, 5.74) is 0. The van der Waals surface area contributed by atoms with Gasteiger partial charge in [0.1, 0.15) is 6.10 Å². The van der Waals surface area contributed by atoms with Gasteiger partial charge in [-0.3, -0.25) is 0 Å². The van der Waals surface area contributed by atoms with Crippen molar-refractivity contribution in [2.75, 3.05) is 13.0 Å². The fourth-order valence-electron chi connectivity index (χ4n) is 0.876. The zero-order valence-electron chi connectivity index (χ0n) is 11.7. The van der Waals surface area contributed by atoms with Crippen molar-refractivity contribution in [3.8, 4) is 5.75 Å². The number of hydrogen-bond acceptors (Lipinski definition) is 2. The zero-order valence-corrected chi connectivity index (χ0v) is 6.70. The van der Waals surface area contributed by atoms with Crippen LogP contribution < -0.4 is 10.1 Å². The highest BCUT2D eigenvalue weighted by molar-refractivity contribution is 5.27. The van der Waals surface area contributed by atoms with E-state index in [0.29, 0.717) is 6.07 Å². The van der Waals surface area contributed by atoms with E-state index in [4.69, 9.17) is 6.85 Å². The molecule has 0 saturated carbocycles. The summed E-state index contributed by atoms with van der Waals surface area (Å²) in [4.78, 5) is 0. The van der Waals surface area contributed by atoms with Gasteiger partial charge in [0.15, 0.2) is 17.4 Å². The van der Waals surface area contributed by atoms with Gasteiger partial charge in [-0.15, -0.1) is 0 Å². The van der Waals surface area contributed by atoms with E-state index >= 15 is 0 Å². The third kappa shape index (κ3) is 1.55. The minimum absolute atomic E-state index is 0.366. The Labute approximate surface area is 85.7 Å². The van der Waals surface area contributed by atoms with Crippen LogP contribution in [0.5, 0.6) is 5.75 Å². The standard InChI is InChI=1S/C9H8F3NO/c10-6-1-2-7(11)9(8(6)12)14-5-3-13-4-5/h1-2,5,13H,3-4H2/i1D,3D2,4D2. The smallest absolute Gasteiger partial charge is 0.203 e. The lowest BCUT2D eigenvalue weighted by Gasteiger charge is -2.28. The summed E-state index contributed by atoms with van der Waals surface area (Å²) < 4.78 is 80.6. The Hall–Kier alpha value is -1.23. The first-order valence-electron chi connectivity index (χ1n) is 6.16. The summed E-state index contributed by atoms with van der Waals surface area (Å²) in [6, 6.07) is -0.648. The van der Waals surface area contributed by atoms with E-state index in [1.807, 2.05) is 5.32 Å². The Morgan fingerprint density at radius 1 is 1.43 bits per heavy atom. The molecule has 1 aromatic carbocycles. The average Bonchev–Trinajstić information content (AvgIpc) is 2.23. The molecule has 1 aromatic rings. The quantitative estimate of drug-likeness (QED) is 0.743. The molecule has 1 aliphatic rings. The van der Waals surface area contributed by atoms with Crippen molar-refractivity contribution >= 4 is 0 Å². The molecule has 0 amide bonds. The first-order valence-corrected chi connectivity index (χ1v) is 3.66. The summed E-state index contributed by atoms with van der Waals surface area (Å²) in [5.74, 6) is -6.08. The Kier molecular flexibility index (Phi) is 1.25. The van der Waals surface area contributed by atoms with Crippen LogP contribution in [0.15, 0.2) is 12.1 Å². The summed E-state index contributed by atoms with van der Waals surface area (Å²) in [6.45, 7) is -4.70. The molecule has 1 fully saturated rings. The second-order valence-electron chi connectivity index (χ2n) is 2.51. The molecule has 0 unspecified atom stereocenters. The van der Waals surface area contributed by atoms with Crippen molar-refractivity contribution in [3.05, 3.63) is 29.6 Å². The summed E-state index contributed by atoms with van der Waals surface area (Å²) in [7, 11) is 0. The molecule has 0 atom stereocenters. The largest absolute Gasteiger partial charge is 0.482 e. The van der Waals surface area contributed by atoms with Crippen molar-refractivity contribution in [2.24, 2.45) is 0 Å². The monoisotopic (exact) mass is 208 g/mol. The molecule has 1 N–H and O–H groups in total. The molecule has 0 aliphatic carbocycles. The number of nitrogens with one attached hydrogen (secondary N) is 1. The summed E-state index contributed by atoms with van der Waals surface area (Å²) >= 11 is 0. The maximum absolute atomic E-state index is 13.4. The number of benzene rings is 1. The molecule has 14 heavy (non-hydrogen) atoms. The number of ether oxygens (including phenoxy) is 1. The Morgan fingerprint density at radius 2 is 2.14 bits per heavy atom. The second-order valence-corrected chi connectivity index (χ2v) is 2.51. The van der Waals surface area contributed by atoms with Crippen molar-refractivity contribution < 1.29 is 24.8 Å². The summed E-state index contributed by atoms with van der Waals surface area (Å²) in [5, 5.41) is 1.86. The van der Waals surface area contributed by atoms with E-state index in [9.17, 15) is 13.2 Å². The molecule has 0 spiro atoms. The lowest BCUT2D eigenvalue weighted by atomic mass is 10.2. The van der Waals surface area contributed by atoms with Crippen LogP contribution in [0.25, 0.3) is 0 Å². The first kappa shape index (κ1) is 5.02. The maximum Gasteiger partial charge on any atom is 0.203 e. The predicted octanol–water partition coefficient (Wildman–Crippen LogP) is 1.45. The van der Waals surface area contributed by atoms with Gasteiger partial charge in [0.05, 0.1) is 1.37 Å². The van der Waals surface area contributed by atoms with Crippen molar-refractivity contribution in [1.82, 2.24) is 5.32 Å². The van der Waals surface area contributed by atoms with Gasteiger partial charge in [-0.2, -0.15) is 4.39 Å². The van der Waals surface area contributed by atoms with Gasteiger partial charge < -0.3 is 10.1 Å². The van der Waals surface area contributed by atoms with Crippen LogP contribution in [0.2, 0.25) is 0 Å². The van der Waals surface area contributed by atoms with E-state index in [0.717, 1.165) is 0 Å². The van der Waals surface area contributed by atoms with E-state index in [1.165, 1.54) is 0 Å². The molecule has 5 heteroatoms. The number of rotatable bonds is 2. The second kappa shape index (κ2) is 3.49. The van der Waals surface area contributed by atoms with Gasteiger partial charge in [-0.05, 0) is 12.1 Å². The van der Waals surface area contributed by atoms with E-state index in [1.54, 1.807) is 0 Å². The molecule has 0 bridgehead atoms. The van der Waals surface area contributed by atoms with E-state index in [2.05, 4.69) is 4.74 Å². The van der Waals surface area contributed by atoms with Crippen LogP contribution in [0, 0.1) is 17.5 Å². The fourth-order valence-corrected chi connectivity index (χ4v) is 0.876. The number of hydrogen-bond donors (Lipinski definition) is 1. The van der Waals surface area contributed by atoms with Gasteiger partial charge in [-0.1, -0.05) is 0 Å². The molecule has 2 nitrogen and oxygen atoms in total. The minimum atomic E-state index is -2.35. The molecule has 76 valence electrons. The zero-order chi connectivity index (χ0) is 14.6. The molecule has 1 heterocycles. The van der Waals surface area contributed by atoms with Crippen molar-refractivity contribution in [1.29, 1.82) is 0 Å². The van der Waals surface area contributed by atoms with E-state index in [-0.39, 0.29) is 0 Å². The summed E-state index contributed by atoms with van der Waals surface area (Å²) in [6.07, 6.45) is -1.85. The molecular formula is C9H8F3NO. The van der Waals surface area contributed by atoms with Crippen LogP contribution in [0.1, 0.15) is 6.85 Å². The van der Waals surface area contributed by atoms with E-state index < -0.39 is 48.3 Å². The SMILES string of the molecule is [2H]c1cc(F)c(OC2C([2H])([2H])NC2([2H])[2H])c(F)c1F. The van der Waals surface area contributed by atoms with Crippen molar-refractivity contribution in [3.63, 3.8) is 0 Å².